The number of amidine groups is 1. The lowest BCUT2D eigenvalue weighted by Crippen LogP contribution is -2.39. The SMILES string of the molecule is CC1C(N)=C(C(N)=NC(=O)c2ccc(F)cc2)CN1C(=O)OC(CN(C)C)c1ccccc1. The molecule has 33 heavy (non-hydrogen) atoms. The van der Waals surface area contributed by atoms with E-state index in [0.29, 0.717) is 17.8 Å². The minimum atomic E-state index is -0.628. The topological polar surface area (TPSA) is 114 Å². The Morgan fingerprint density at radius 3 is 2.42 bits per heavy atom. The van der Waals surface area contributed by atoms with Gasteiger partial charge in [0.25, 0.3) is 5.91 Å². The molecular formula is C24H28FN5O3. The van der Waals surface area contributed by atoms with E-state index in [2.05, 4.69) is 4.99 Å². The van der Waals surface area contributed by atoms with Crippen molar-refractivity contribution in [2.24, 2.45) is 16.5 Å². The molecule has 3 rings (SSSR count). The maximum atomic E-state index is 13.1. The maximum absolute atomic E-state index is 13.1. The van der Waals surface area contributed by atoms with E-state index < -0.39 is 30.0 Å². The average Bonchev–Trinajstić information content (AvgIpc) is 3.08. The number of nitrogens with two attached hydrogens (primary N) is 2. The lowest BCUT2D eigenvalue weighted by Gasteiger charge is -2.27. The summed E-state index contributed by atoms with van der Waals surface area (Å²) in [6.07, 6.45) is -1.02. The third-order valence-corrected chi connectivity index (χ3v) is 5.40. The molecule has 0 saturated heterocycles. The number of nitrogens with zero attached hydrogens (tertiary/aromatic N) is 3. The quantitative estimate of drug-likeness (QED) is 0.513. The van der Waals surface area contributed by atoms with Crippen LogP contribution in [0.2, 0.25) is 0 Å². The van der Waals surface area contributed by atoms with Crippen molar-refractivity contribution in [3.05, 3.63) is 82.8 Å². The van der Waals surface area contributed by atoms with Gasteiger partial charge in [0, 0.05) is 23.4 Å². The average molecular weight is 454 g/mol. The molecule has 9 heteroatoms. The zero-order valence-electron chi connectivity index (χ0n) is 18.9. The normalized spacial score (nSPS) is 17.4. The van der Waals surface area contributed by atoms with Crippen molar-refractivity contribution in [1.82, 2.24) is 9.80 Å². The van der Waals surface area contributed by atoms with Crippen molar-refractivity contribution in [1.29, 1.82) is 0 Å². The van der Waals surface area contributed by atoms with Gasteiger partial charge in [0.15, 0.2) is 0 Å². The molecule has 2 unspecified atom stereocenters. The first-order valence-electron chi connectivity index (χ1n) is 10.5. The van der Waals surface area contributed by atoms with Gasteiger partial charge in [0.05, 0.1) is 12.6 Å². The number of aliphatic imine (C=N–C) groups is 1. The summed E-state index contributed by atoms with van der Waals surface area (Å²) >= 11 is 0. The number of likely N-dealkylation sites (N-methyl/N-ethyl adjacent to an activating group) is 1. The van der Waals surface area contributed by atoms with Crippen LogP contribution in [0.5, 0.6) is 0 Å². The Morgan fingerprint density at radius 1 is 1.18 bits per heavy atom. The van der Waals surface area contributed by atoms with Crippen molar-refractivity contribution >= 4 is 17.8 Å². The highest BCUT2D eigenvalue weighted by Crippen LogP contribution is 2.25. The van der Waals surface area contributed by atoms with Crippen LogP contribution in [0.1, 0.15) is 28.9 Å². The van der Waals surface area contributed by atoms with Gasteiger partial charge in [-0.15, -0.1) is 0 Å². The van der Waals surface area contributed by atoms with Crippen LogP contribution in [0.25, 0.3) is 0 Å². The fourth-order valence-electron chi connectivity index (χ4n) is 3.50. The zero-order valence-corrected chi connectivity index (χ0v) is 18.9. The lowest BCUT2D eigenvalue weighted by molar-refractivity contribution is 0.0498. The molecule has 2 aromatic carbocycles. The van der Waals surface area contributed by atoms with Crippen LogP contribution >= 0.6 is 0 Å². The van der Waals surface area contributed by atoms with Crippen LogP contribution in [0.15, 0.2) is 70.9 Å². The molecule has 2 amide bonds. The van der Waals surface area contributed by atoms with Gasteiger partial charge in [-0.05, 0) is 50.8 Å². The lowest BCUT2D eigenvalue weighted by atomic mass is 10.1. The van der Waals surface area contributed by atoms with Gasteiger partial charge in [-0.1, -0.05) is 30.3 Å². The maximum Gasteiger partial charge on any atom is 0.411 e. The molecule has 8 nitrogen and oxygen atoms in total. The summed E-state index contributed by atoms with van der Waals surface area (Å²) in [4.78, 5) is 32.7. The van der Waals surface area contributed by atoms with E-state index in [1.165, 1.54) is 29.2 Å². The monoisotopic (exact) mass is 453 g/mol. The molecule has 1 heterocycles. The van der Waals surface area contributed by atoms with E-state index in [1.54, 1.807) is 6.92 Å². The van der Waals surface area contributed by atoms with E-state index in [0.717, 1.165) is 5.56 Å². The van der Waals surface area contributed by atoms with Gasteiger partial charge >= 0.3 is 6.09 Å². The van der Waals surface area contributed by atoms with Crippen LogP contribution in [-0.2, 0) is 4.74 Å². The van der Waals surface area contributed by atoms with E-state index in [1.807, 2.05) is 49.3 Å². The molecule has 174 valence electrons. The van der Waals surface area contributed by atoms with Crippen molar-refractivity contribution in [2.75, 3.05) is 27.2 Å². The fraction of sp³-hybridized carbons (Fsp3) is 0.292. The molecule has 0 saturated carbocycles. The zero-order chi connectivity index (χ0) is 24.1. The Balaban J connectivity index is 1.74. The second kappa shape index (κ2) is 10.3. The molecule has 2 aromatic rings. The van der Waals surface area contributed by atoms with Gasteiger partial charge < -0.3 is 21.1 Å². The number of amides is 2. The van der Waals surface area contributed by atoms with Crippen LogP contribution < -0.4 is 11.5 Å². The molecule has 0 aromatic heterocycles. The van der Waals surface area contributed by atoms with Crippen LogP contribution in [0.3, 0.4) is 0 Å². The van der Waals surface area contributed by atoms with E-state index in [4.69, 9.17) is 16.2 Å². The van der Waals surface area contributed by atoms with Crippen LogP contribution in [0, 0.1) is 5.82 Å². The van der Waals surface area contributed by atoms with Crippen molar-refractivity contribution < 1.29 is 18.7 Å². The number of hydrogen-bond acceptors (Lipinski definition) is 5. The summed E-state index contributed by atoms with van der Waals surface area (Å²) in [5.41, 5.74) is 14.0. The summed E-state index contributed by atoms with van der Waals surface area (Å²) in [6, 6.07) is 14.0. The second-order valence-electron chi connectivity index (χ2n) is 8.09. The highest BCUT2D eigenvalue weighted by Gasteiger charge is 2.35. The summed E-state index contributed by atoms with van der Waals surface area (Å²) in [6.45, 7) is 2.31. The summed E-state index contributed by atoms with van der Waals surface area (Å²) in [7, 11) is 3.80. The predicted molar refractivity (Wildman–Crippen MR) is 124 cm³/mol. The molecule has 1 aliphatic heterocycles. The standard InChI is InChI=1S/C24H28FN5O3/c1-15-21(26)19(22(27)28-23(31)17-9-11-18(25)12-10-17)13-30(15)24(32)33-20(14-29(2)3)16-7-5-4-6-8-16/h4-12,15,20H,13-14,26H2,1-3H3,(H2,27,28,31). The molecule has 0 radical (unpaired) electrons. The second-order valence-corrected chi connectivity index (χ2v) is 8.09. The molecule has 0 bridgehead atoms. The number of rotatable bonds is 6. The number of ether oxygens (including phenoxy) is 1. The van der Waals surface area contributed by atoms with Crippen molar-refractivity contribution in [2.45, 2.75) is 19.1 Å². The summed E-state index contributed by atoms with van der Waals surface area (Å²) in [5, 5.41) is 0. The number of hydrogen-bond donors (Lipinski definition) is 2. The molecule has 4 N–H and O–H groups in total. The van der Waals surface area contributed by atoms with Gasteiger partial charge in [0.1, 0.15) is 17.8 Å². The number of carbonyl (C=O) groups is 2. The number of halogens is 1. The third kappa shape index (κ3) is 5.75. The Labute approximate surface area is 192 Å². The Hall–Kier alpha value is -3.72. The first-order chi connectivity index (χ1) is 15.7. The van der Waals surface area contributed by atoms with Crippen molar-refractivity contribution in [3.63, 3.8) is 0 Å². The Bertz CT molecular complexity index is 1070. The van der Waals surface area contributed by atoms with Crippen LogP contribution in [-0.4, -0.2) is 60.9 Å². The highest BCUT2D eigenvalue weighted by atomic mass is 19.1. The third-order valence-electron chi connectivity index (χ3n) is 5.40. The van der Waals surface area contributed by atoms with E-state index in [9.17, 15) is 14.0 Å². The minimum absolute atomic E-state index is 0.0569. The molecule has 0 spiro atoms. The molecule has 0 fully saturated rings. The predicted octanol–water partition coefficient (Wildman–Crippen LogP) is 2.68. The van der Waals surface area contributed by atoms with Crippen LogP contribution in [0.4, 0.5) is 9.18 Å². The number of benzene rings is 2. The molecule has 2 atom stereocenters. The van der Waals surface area contributed by atoms with E-state index in [-0.39, 0.29) is 17.9 Å². The first-order valence-corrected chi connectivity index (χ1v) is 10.5. The van der Waals surface area contributed by atoms with Gasteiger partial charge in [-0.25, -0.2) is 9.18 Å². The molecular weight excluding hydrogens is 425 g/mol. The Kier molecular flexibility index (Phi) is 7.44. The van der Waals surface area contributed by atoms with Gasteiger partial charge in [-0.3, -0.25) is 9.69 Å². The van der Waals surface area contributed by atoms with Crippen molar-refractivity contribution in [3.8, 4) is 0 Å². The molecule has 0 aliphatic carbocycles. The van der Waals surface area contributed by atoms with Gasteiger partial charge in [-0.2, -0.15) is 4.99 Å². The molecule has 1 aliphatic rings. The summed E-state index contributed by atoms with van der Waals surface area (Å²) < 4.78 is 18.9. The van der Waals surface area contributed by atoms with Gasteiger partial charge in [0.2, 0.25) is 0 Å². The largest absolute Gasteiger partial charge is 0.440 e. The summed E-state index contributed by atoms with van der Waals surface area (Å²) in [5.74, 6) is -1.18. The fourth-order valence-corrected chi connectivity index (χ4v) is 3.50. The smallest absolute Gasteiger partial charge is 0.411 e. The highest BCUT2D eigenvalue weighted by molar-refractivity contribution is 6.09. The first kappa shape index (κ1) is 23.9. The van der Waals surface area contributed by atoms with E-state index >= 15 is 0 Å². The Morgan fingerprint density at radius 2 is 1.82 bits per heavy atom. The number of carbonyl (C=O) groups excluding carboxylic acids is 2. The minimum Gasteiger partial charge on any atom is -0.440 e.